The minimum atomic E-state index is -0.701. The van der Waals surface area contributed by atoms with E-state index in [0.29, 0.717) is 33.8 Å². The van der Waals surface area contributed by atoms with E-state index in [2.05, 4.69) is 26.3 Å². The Hall–Kier alpha value is -9.64. The van der Waals surface area contributed by atoms with Crippen LogP contribution in [0.3, 0.4) is 0 Å². The number of carbonyl (C=O) groups excluding carboxylic acids is 8. The van der Waals surface area contributed by atoms with Gasteiger partial charge < -0.3 is 42.8 Å². The van der Waals surface area contributed by atoms with Crippen LogP contribution >= 0.6 is 0 Å². The van der Waals surface area contributed by atoms with Crippen LogP contribution in [-0.4, -0.2) is 101 Å². The highest BCUT2D eigenvalue weighted by Gasteiger charge is 2.20. The molecule has 0 aliphatic heterocycles. The summed E-state index contributed by atoms with van der Waals surface area (Å²) in [7, 11) is 0. The summed E-state index contributed by atoms with van der Waals surface area (Å²) in [6, 6.07) is 33.5. The fourth-order valence-corrected chi connectivity index (χ4v) is 6.84. The van der Waals surface area contributed by atoms with Crippen molar-refractivity contribution < 1.29 is 76.3 Å². The topological polar surface area (TPSA) is 214 Å². The van der Waals surface area contributed by atoms with Crippen LogP contribution in [0.5, 0.6) is 0 Å². The van der Waals surface area contributed by atoms with E-state index in [1.165, 1.54) is 0 Å². The van der Waals surface area contributed by atoms with E-state index in [9.17, 15) is 38.4 Å². The second-order valence-electron chi connectivity index (χ2n) is 16.3. The number of benzene rings is 5. The number of rotatable bonds is 26. The molecule has 0 aliphatic carbocycles. The number of anilines is 3. The second-order valence-corrected chi connectivity index (χ2v) is 16.3. The Bertz CT molecular complexity index is 2860. The van der Waals surface area contributed by atoms with Crippen molar-refractivity contribution in [3.05, 3.63) is 209 Å². The average Bonchev–Trinajstić information content (AvgIpc) is 3.45. The minimum Gasteiger partial charge on any atom is -0.463 e. The molecule has 0 aromatic heterocycles. The smallest absolute Gasteiger partial charge is 0.338 e. The van der Waals surface area contributed by atoms with Crippen LogP contribution in [0.4, 0.5) is 17.1 Å². The molecule has 0 heterocycles. The average molecular weight is 1050 g/mol. The third-order valence-electron chi connectivity index (χ3n) is 10.8. The quantitative estimate of drug-likeness (QED) is 0.0218. The number of hydrogen-bond acceptors (Lipinski definition) is 17. The molecule has 5 rings (SSSR count). The van der Waals surface area contributed by atoms with Crippen molar-refractivity contribution in [2.45, 2.75) is 27.7 Å². The van der Waals surface area contributed by atoms with Gasteiger partial charge in [0.15, 0.2) is 0 Å². The van der Waals surface area contributed by atoms with E-state index in [0.717, 1.165) is 5.56 Å². The Labute approximate surface area is 445 Å². The van der Waals surface area contributed by atoms with Gasteiger partial charge in [-0.2, -0.15) is 0 Å². The molecule has 17 nitrogen and oxygen atoms in total. The summed E-state index contributed by atoms with van der Waals surface area (Å²) in [6.45, 7) is 20.2. The highest BCUT2D eigenvalue weighted by molar-refractivity contribution is 5.98. The lowest BCUT2D eigenvalue weighted by molar-refractivity contribution is -0.139. The third kappa shape index (κ3) is 16.7. The van der Waals surface area contributed by atoms with Crippen LogP contribution in [0, 0.1) is 0 Å². The lowest BCUT2D eigenvalue weighted by atomic mass is 9.94. The van der Waals surface area contributed by atoms with Crippen molar-refractivity contribution in [2.24, 2.45) is 0 Å². The van der Waals surface area contributed by atoms with Gasteiger partial charge in [0.25, 0.3) is 0 Å². The van der Waals surface area contributed by atoms with Gasteiger partial charge in [-0.15, -0.1) is 0 Å². The number of ether oxygens (including phenoxy) is 8. The van der Waals surface area contributed by atoms with E-state index in [1.807, 2.05) is 35.2 Å². The molecule has 17 heteroatoms. The predicted molar refractivity (Wildman–Crippen MR) is 285 cm³/mol. The molecular weight excluding hydrogens is 991 g/mol. The monoisotopic (exact) mass is 1050 g/mol. The van der Waals surface area contributed by atoms with Gasteiger partial charge >= 0.3 is 47.8 Å². The largest absolute Gasteiger partial charge is 0.463 e. The zero-order valence-corrected chi connectivity index (χ0v) is 43.1. The second kappa shape index (κ2) is 28.7. The maximum atomic E-state index is 13.0. The van der Waals surface area contributed by atoms with Crippen LogP contribution in [0.25, 0.3) is 11.6 Å². The molecule has 5 aromatic rings. The molecular formula is C60H57NO16. The van der Waals surface area contributed by atoms with E-state index >= 15 is 0 Å². The van der Waals surface area contributed by atoms with Gasteiger partial charge in [0, 0.05) is 17.1 Å². The van der Waals surface area contributed by atoms with Gasteiger partial charge in [-0.3, -0.25) is 0 Å². The van der Waals surface area contributed by atoms with Crippen LogP contribution in [-0.2, 0) is 57.1 Å². The normalized spacial score (nSPS) is 10.3. The lowest BCUT2D eigenvalue weighted by Crippen LogP contribution is -2.15. The van der Waals surface area contributed by atoms with Crippen molar-refractivity contribution in [3.8, 4) is 0 Å². The maximum Gasteiger partial charge on any atom is 0.338 e. The van der Waals surface area contributed by atoms with Crippen molar-refractivity contribution in [1.29, 1.82) is 0 Å². The summed E-state index contributed by atoms with van der Waals surface area (Å²) in [5, 5.41) is 0. The minimum absolute atomic E-state index is 0.0209. The molecule has 0 radical (unpaired) electrons. The molecule has 0 bridgehead atoms. The highest BCUT2D eigenvalue weighted by Crippen LogP contribution is 2.36. The Kier molecular flexibility index (Phi) is 21.7. The van der Waals surface area contributed by atoms with E-state index in [4.69, 9.17) is 37.9 Å². The maximum absolute atomic E-state index is 13.0. The summed E-state index contributed by atoms with van der Waals surface area (Å²) < 4.78 is 41.0. The number of esters is 8. The van der Waals surface area contributed by atoms with Crippen LogP contribution < -0.4 is 4.90 Å². The summed E-state index contributed by atoms with van der Waals surface area (Å²) in [5.41, 5.74) is 5.24. The zero-order valence-electron chi connectivity index (χ0n) is 43.1. The standard InChI is InChI=1S/C60H57NO16/c1-9-70-53(62)38(5)34-74-57(66)45-19-15-43(16-20-45)52(44-17-21-46(22-18-44)58(67)75-35-39(6)54(63)71-10-2)33-42-13-27-49(28-14-42)61(50-29-23-47(24-30-50)59(68)76-36-40(7)55(64)72-11-3)51-31-25-48(26-32-51)60(69)77-37-41(8)56(65)73-12-4/h13-33H,5-12,34-37H2,1-4H3. The van der Waals surface area contributed by atoms with Crippen molar-refractivity contribution >= 4 is 76.5 Å². The fraction of sp³-hybridized carbons (Fsp3) is 0.200. The first-order chi connectivity index (χ1) is 37.0. The van der Waals surface area contributed by atoms with E-state index < -0.39 is 47.8 Å². The molecule has 0 unspecified atom stereocenters. The van der Waals surface area contributed by atoms with Gasteiger partial charge in [0.05, 0.1) is 71.0 Å². The van der Waals surface area contributed by atoms with Crippen molar-refractivity contribution in [1.82, 2.24) is 0 Å². The van der Waals surface area contributed by atoms with Crippen LogP contribution in [0.2, 0.25) is 0 Å². The summed E-state index contributed by atoms with van der Waals surface area (Å²) >= 11 is 0. The van der Waals surface area contributed by atoms with Gasteiger partial charge in [-0.05, 0) is 141 Å². The summed E-state index contributed by atoms with van der Waals surface area (Å²) in [4.78, 5) is 102. The van der Waals surface area contributed by atoms with Gasteiger partial charge in [-0.1, -0.05) is 62.7 Å². The molecule has 0 atom stereocenters. The first-order valence-corrected chi connectivity index (χ1v) is 24.1. The predicted octanol–water partition coefficient (Wildman–Crippen LogP) is 9.85. The molecule has 0 aliphatic rings. The molecule has 5 aromatic carbocycles. The van der Waals surface area contributed by atoms with Gasteiger partial charge in [0.2, 0.25) is 0 Å². The molecule has 0 spiro atoms. The van der Waals surface area contributed by atoms with E-state index in [1.54, 1.807) is 125 Å². The Morgan fingerprint density at radius 3 is 0.805 bits per heavy atom. The summed E-state index contributed by atoms with van der Waals surface area (Å²) in [6.07, 6.45) is 1.90. The van der Waals surface area contributed by atoms with Gasteiger partial charge in [-0.25, -0.2) is 38.4 Å². The number of nitrogens with zero attached hydrogens (tertiary/aromatic N) is 1. The molecule has 0 amide bonds. The van der Waals surface area contributed by atoms with Crippen LogP contribution in [0.15, 0.2) is 170 Å². The van der Waals surface area contributed by atoms with Crippen molar-refractivity contribution in [3.63, 3.8) is 0 Å². The van der Waals surface area contributed by atoms with Crippen molar-refractivity contribution in [2.75, 3.05) is 57.8 Å². The Morgan fingerprint density at radius 2 is 0.558 bits per heavy atom. The number of hydrogen-bond donors (Lipinski definition) is 0. The molecule has 77 heavy (non-hydrogen) atoms. The fourth-order valence-electron chi connectivity index (χ4n) is 6.84. The first-order valence-electron chi connectivity index (χ1n) is 24.1. The van der Waals surface area contributed by atoms with Gasteiger partial charge in [0.1, 0.15) is 26.4 Å². The molecule has 0 fully saturated rings. The highest BCUT2D eigenvalue weighted by atomic mass is 16.6. The number of carbonyl (C=O) groups is 8. The first kappa shape index (κ1) is 58.3. The molecule has 0 saturated carbocycles. The Morgan fingerprint density at radius 1 is 0.338 bits per heavy atom. The third-order valence-corrected chi connectivity index (χ3v) is 10.8. The van der Waals surface area contributed by atoms with E-state index in [-0.39, 0.29) is 97.4 Å². The molecule has 0 saturated heterocycles. The summed E-state index contributed by atoms with van der Waals surface area (Å²) in [5.74, 6) is -5.50. The Balaban J connectivity index is 1.49. The van der Waals surface area contributed by atoms with Crippen LogP contribution in [0.1, 0.15) is 85.8 Å². The molecule has 0 N–H and O–H groups in total. The lowest BCUT2D eigenvalue weighted by Gasteiger charge is -2.26. The zero-order chi connectivity index (χ0) is 56.0. The SMILES string of the molecule is C=C(COC(=O)c1ccc(C(=Cc2ccc(N(c3ccc(C(=O)OCC(=C)C(=O)OCC)cc3)c3ccc(C(=O)OCC(=C)C(=O)OCC)cc3)cc2)c2ccc(C(=O)OCC(=C)C(=O)OCC)cc2)cc1)C(=O)OCC. The molecule has 398 valence electrons.